The Morgan fingerprint density at radius 2 is 1.67 bits per heavy atom. The topological polar surface area (TPSA) is 59.8 Å². The minimum absolute atomic E-state index is 0.109. The summed E-state index contributed by atoms with van der Waals surface area (Å²) in [5.74, 6) is 1.39. The van der Waals surface area contributed by atoms with Crippen LogP contribution in [0.3, 0.4) is 0 Å². The van der Waals surface area contributed by atoms with E-state index >= 15 is 0 Å². The minimum Gasteiger partial charge on any atom is -0.345 e. The summed E-state index contributed by atoms with van der Waals surface area (Å²) >= 11 is 1.65. The molecule has 0 aliphatic carbocycles. The van der Waals surface area contributed by atoms with Gasteiger partial charge in [0.15, 0.2) is 11.0 Å². The molecule has 0 radical (unpaired) electrons. The first kappa shape index (κ1) is 25.7. The normalized spacial score (nSPS) is 11.0. The third kappa shape index (κ3) is 6.64. The standard InChI is InChI=1S/C30H34N4OS/c1-4-5-6-10-24-14-16-25(17-15-24)29(35)31-20-28-32-33-30(34(28)27-18-12-22(2)13-19-27)36-21-26-11-8-7-9-23(26)3/h7-9,11-19H,4-6,10,20-21H2,1-3H3,(H,31,35). The number of hydrogen-bond acceptors (Lipinski definition) is 4. The first-order valence-electron chi connectivity index (χ1n) is 12.6. The summed E-state index contributed by atoms with van der Waals surface area (Å²) in [6, 6.07) is 24.6. The first-order chi connectivity index (χ1) is 17.5. The van der Waals surface area contributed by atoms with E-state index in [2.05, 4.69) is 96.9 Å². The Morgan fingerprint density at radius 3 is 2.39 bits per heavy atom. The van der Waals surface area contributed by atoms with Gasteiger partial charge in [-0.25, -0.2) is 0 Å². The lowest BCUT2D eigenvalue weighted by Crippen LogP contribution is -2.24. The number of aromatic nitrogens is 3. The zero-order valence-electron chi connectivity index (χ0n) is 21.3. The van der Waals surface area contributed by atoms with Gasteiger partial charge >= 0.3 is 0 Å². The van der Waals surface area contributed by atoms with Gasteiger partial charge in [0.1, 0.15) is 0 Å². The van der Waals surface area contributed by atoms with Crippen molar-refractivity contribution in [3.05, 3.63) is 106 Å². The molecule has 0 saturated heterocycles. The van der Waals surface area contributed by atoms with Crippen LogP contribution in [0.15, 0.2) is 78.0 Å². The molecule has 0 saturated carbocycles. The van der Waals surface area contributed by atoms with Crippen molar-refractivity contribution in [2.45, 2.75) is 63.9 Å². The largest absolute Gasteiger partial charge is 0.345 e. The Bertz CT molecular complexity index is 1280. The zero-order chi connectivity index (χ0) is 25.3. The lowest BCUT2D eigenvalue weighted by atomic mass is 10.1. The number of aryl methyl sites for hydroxylation is 3. The average Bonchev–Trinajstić information content (AvgIpc) is 3.30. The molecule has 6 heteroatoms. The molecule has 4 rings (SSSR count). The van der Waals surface area contributed by atoms with E-state index < -0.39 is 0 Å². The van der Waals surface area contributed by atoms with Crippen LogP contribution in [0.4, 0.5) is 0 Å². The third-order valence-electron chi connectivity index (χ3n) is 6.30. The molecular formula is C30H34N4OS. The predicted molar refractivity (Wildman–Crippen MR) is 148 cm³/mol. The molecule has 0 unspecified atom stereocenters. The van der Waals surface area contributed by atoms with Crippen molar-refractivity contribution in [1.29, 1.82) is 0 Å². The summed E-state index contributed by atoms with van der Waals surface area (Å²) in [6.07, 6.45) is 4.67. The van der Waals surface area contributed by atoms with Gasteiger partial charge in [0.05, 0.1) is 6.54 Å². The molecule has 5 nitrogen and oxygen atoms in total. The molecule has 0 aliphatic rings. The summed E-state index contributed by atoms with van der Waals surface area (Å²) in [6.45, 7) is 6.70. The van der Waals surface area contributed by atoms with Gasteiger partial charge in [-0.1, -0.05) is 85.6 Å². The van der Waals surface area contributed by atoms with Crippen LogP contribution in [0.2, 0.25) is 0 Å². The molecule has 1 heterocycles. The second kappa shape index (κ2) is 12.5. The number of amides is 1. The molecule has 0 atom stereocenters. The van der Waals surface area contributed by atoms with Crippen LogP contribution in [-0.4, -0.2) is 20.7 Å². The summed E-state index contributed by atoms with van der Waals surface area (Å²) in [5.41, 5.74) is 6.64. The summed E-state index contributed by atoms with van der Waals surface area (Å²) in [4.78, 5) is 12.9. The lowest BCUT2D eigenvalue weighted by Gasteiger charge is -2.12. The minimum atomic E-state index is -0.109. The number of carbonyl (C=O) groups excluding carboxylic acids is 1. The molecule has 4 aromatic rings. The summed E-state index contributed by atoms with van der Waals surface area (Å²) in [5, 5.41) is 12.8. The van der Waals surface area contributed by atoms with E-state index in [1.165, 1.54) is 41.5 Å². The number of nitrogens with one attached hydrogen (secondary N) is 1. The fourth-order valence-corrected chi connectivity index (χ4v) is 5.09. The smallest absolute Gasteiger partial charge is 0.251 e. The molecule has 1 aromatic heterocycles. The molecular weight excluding hydrogens is 464 g/mol. The Labute approximate surface area is 218 Å². The van der Waals surface area contributed by atoms with E-state index in [0.717, 1.165) is 23.0 Å². The number of benzene rings is 3. The van der Waals surface area contributed by atoms with Crippen molar-refractivity contribution in [3.8, 4) is 5.69 Å². The molecule has 1 amide bonds. The van der Waals surface area contributed by atoms with Crippen molar-refractivity contribution in [2.24, 2.45) is 0 Å². The third-order valence-corrected chi connectivity index (χ3v) is 7.28. The van der Waals surface area contributed by atoms with Crippen LogP contribution < -0.4 is 5.32 Å². The number of thioether (sulfide) groups is 1. The van der Waals surface area contributed by atoms with Gasteiger partial charge in [-0.05, 0) is 67.6 Å². The monoisotopic (exact) mass is 498 g/mol. The van der Waals surface area contributed by atoms with Gasteiger partial charge in [-0.2, -0.15) is 0 Å². The van der Waals surface area contributed by atoms with E-state index in [1.807, 2.05) is 16.7 Å². The molecule has 1 N–H and O–H groups in total. The molecule has 0 fully saturated rings. The summed E-state index contributed by atoms with van der Waals surface area (Å²) < 4.78 is 2.04. The van der Waals surface area contributed by atoms with Crippen LogP contribution in [0, 0.1) is 13.8 Å². The molecule has 0 aliphatic heterocycles. The number of hydrogen-bond donors (Lipinski definition) is 1. The van der Waals surface area contributed by atoms with Crippen molar-refractivity contribution in [2.75, 3.05) is 0 Å². The highest BCUT2D eigenvalue weighted by atomic mass is 32.2. The van der Waals surface area contributed by atoms with Gasteiger partial charge in [0.25, 0.3) is 5.91 Å². The van der Waals surface area contributed by atoms with E-state index in [9.17, 15) is 4.79 Å². The second-order valence-corrected chi connectivity index (χ2v) is 10.1. The maximum absolute atomic E-state index is 12.9. The zero-order valence-corrected chi connectivity index (χ0v) is 22.1. The number of nitrogens with zero attached hydrogens (tertiary/aromatic N) is 3. The van der Waals surface area contributed by atoms with Crippen LogP contribution in [0.5, 0.6) is 0 Å². The highest BCUT2D eigenvalue weighted by molar-refractivity contribution is 7.98. The summed E-state index contributed by atoms with van der Waals surface area (Å²) in [7, 11) is 0. The highest BCUT2D eigenvalue weighted by Gasteiger charge is 2.16. The highest BCUT2D eigenvalue weighted by Crippen LogP contribution is 2.26. The lowest BCUT2D eigenvalue weighted by molar-refractivity contribution is 0.0949. The van der Waals surface area contributed by atoms with Crippen molar-refractivity contribution in [1.82, 2.24) is 20.1 Å². The predicted octanol–water partition coefficient (Wildman–Crippen LogP) is 6.84. The molecule has 186 valence electrons. The SMILES string of the molecule is CCCCCc1ccc(C(=O)NCc2nnc(SCc3ccccc3C)n2-c2ccc(C)cc2)cc1. The van der Waals surface area contributed by atoms with Crippen LogP contribution >= 0.6 is 11.8 Å². The van der Waals surface area contributed by atoms with Gasteiger partial charge in [-0.15, -0.1) is 10.2 Å². The molecule has 36 heavy (non-hydrogen) atoms. The Kier molecular flexibility index (Phi) is 8.95. The van der Waals surface area contributed by atoms with Crippen LogP contribution in [0.1, 0.15) is 64.6 Å². The fourth-order valence-electron chi connectivity index (χ4n) is 4.04. The van der Waals surface area contributed by atoms with Gasteiger partial charge in [-0.3, -0.25) is 9.36 Å². The van der Waals surface area contributed by atoms with Crippen LogP contribution in [-0.2, 0) is 18.7 Å². The maximum Gasteiger partial charge on any atom is 0.251 e. The van der Waals surface area contributed by atoms with Crippen LogP contribution in [0.25, 0.3) is 5.69 Å². The number of carbonyl (C=O) groups is 1. The van der Waals surface area contributed by atoms with E-state index in [4.69, 9.17) is 0 Å². The van der Waals surface area contributed by atoms with E-state index in [0.29, 0.717) is 17.9 Å². The number of rotatable bonds is 11. The quantitative estimate of drug-likeness (QED) is 0.182. The van der Waals surface area contributed by atoms with Gasteiger partial charge in [0, 0.05) is 17.0 Å². The maximum atomic E-state index is 12.9. The van der Waals surface area contributed by atoms with Crippen molar-refractivity contribution >= 4 is 17.7 Å². The van der Waals surface area contributed by atoms with Gasteiger partial charge < -0.3 is 5.32 Å². The van der Waals surface area contributed by atoms with Gasteiger partial charge in [0.2, 0.25) is 0 Å². The molecule has 3 aromatic carbocycles. The van der Waals surface area contributed by atoms with Crippen molar-refractivity contribution in [3.63, 3.8) is 0 Å². The fraction of sp³-hybridized carbons (Fsp3) is 0.300. The second-order valence-electron chi connectivity index (χ2n) is 9.12. The van der Waals surface area contributed by atoms with E-state index in [1.54, 1.807) is 11.8 Å². The van der Waals surface area contributed by atoms with E-state index in [-0.39, 0.29) is 5.91 Å². The Balaban J connectivity index is 1.48. The first-order valence-corrected chi connectivity index (χ1v) is 13.6. The molecule has 0 bridgehead atoms. The Morgan fingerprint density at radius 1 is 0.917 bits per heavy atom. The Hall–Kier alpha value is -3.38. The van der Waals surface area contributed by atoms with Crippen molar-refractivity contribution < 1.29 is 4.79 Å². The number of unbranched alkanes of at least 4 members (excludes halogenated alkanes) is 2. The molecule has 0 spiro atoms. The average molecular weight is 499 g/mol.